The highest BCUT2D eigenvalue weighted by Gasteiger charge is 2.18. The molecule has 2 aromatic rings. The number of benzene rings is 2. The number of carbonyl (C=O) groups excluding carboxylic acids is 1. The molecule has 1 heterocycles. The molecule has 1 amide bonds. The minimum absolute atomic E-state index is 0.0772. The lowest BCUT2D eigenvalue weighted by Gasteiger charge is -2.26. The molecule has 24 heavy (non-hydrogen) atoms. The van der Waals surface area contributed by atoms with Crippen LogP contribution in [0.3, 0.4) is 0 Å². The minimum Gasteiger partial charge on any atom is -0.381 e. The highest BCUT2D eigenvalue weighted by atomic mass is 79.9. The van der Waals surface area contributed by atoms with Crippen molar-refractivity contribution in [3.05, 3.63) is 63.6 Å². The lowest BCUT2D eigenvalue weighted by atomic mass is 10.1. The Morgan fingerprint density at radius 1 is 1.17 bits per heavy atom. The van der Waals surface area contributed by atoms with Crippen molar-refractivity contribution in [1.29, 1.82) is 0 Å². The van der Waals surface area contributed by atoms with Crippen LogP contribution in [-0.2, 0) is 11.3 Å². The van der Waals surface area contributed by atoms with Crippen LogP contribution in [0.5, 0.6) is 0 Å². The van der Waals surface area contributed by atoms with Gasteiger partial charge in [0.05, 0.1) is 13.2 Å². The molecule has 1 aliphatic rings. The number of nitrogens with zero attached hydrogens (tertiary/aromatic N) is 1. The Bertz CT molecular complexity index is 710. The van der Waals surface area contributed by atoms with Crippen LogP contribution < -0.4 is 5.32 Å². The first-order chi connectivity index (χ1) is 11.6. The van der Waals surface area contributed by atoms with Gasteiger partial charge in [0.2, 0.25) is 0 Å². The Morgan fingerprint density at radius 3 is 2.54 bits per heavy atom. The summed E-state index contributed by atoms with van der Waals surface area (Å²) < 4.78 is 6.41. The molecule has 0 radical (unpaired) electrons. The lowest BCUT2D eigenvalue weighted by Crippen LogP contribution is -2.40. The fraction of sp³-hybridized carbons (Fsp3) is 0.316. The molecule has 0 spiro atoms. The number of amides is 1. The monoisotopic (exact) mass is 388 g/mol. The first-order valence-electron chi connectivity index (χ1n) is 8.09. The summed E-state index contributed by atoms with van der Waals surface area (Å²) in [5.41, 5.74) is 4.18. The maximum Gasteiger partial charge on any atom is 0.254 e. The molecule has 1 N–H and O–H groups in total. The summed E-state index contributed by atoms with van der Waals surface area (Å²) in [6.07, 6.45) is 0. The third kappa shape index (κ3) is 4.16. The van der Waals surface area contributed by atoms with Crippen LogP contribution in [0, 0.1) is 6.92 Å². The normalized spacial score (nSPS) is 14.5. The summed E-state index contributed by atoms with van der Waals surface area (Å²) in [6, 6.07) is 14.0. The maximum atomic E-state index is 12.4. The van der Waals surface area contributed by atoms with Crippen LogP contribution in [-0.4, -0.2) is 37.1 Å². The van der Waals surface area contributed by atoms with Crippen molar-refractivity contribution in [3.63, 3.8) is 0 Å². The van der Waals surface area contributed by atoms with E-state index in [0.717, 1.165) is 22.3 Å². The van der Waals surface area contributed by atoms with Crippen molar-refractivity contribution in [3.8, 4) is 0 Å². The van der Waals surface area contributed by atoms with Gasteiger partial charge >= 0.3 is 0 Å². The summed E-state index contributed by atoms with van der Waals surface area (Å²) in [5.74, 6) is 0.0772. The van der Waals surface area contributed by atoms with Gasteiger partial charge in [-0.05, 0) is 48.4 Å². The second kappa shape index (κ2) is 7.81. The van der Waals surface area contributed by atoms with E-state index >= 15 is 0 Å². The Morgan fingerprint density at radius 2 is 1.88 bits per heavy atom. The van der Waals surface area contributed by atoms with Crippen LogP contribution in [0.15, 0.2) is 46.9 Å². The zero-order valence-corrected chi connectivity index (χ0v) is 15.3. The fourth-order valence-electron chi connectivity index (χ4n) is 2.70. The van der Waals surface area contributed by atoms with Gasteiger partial charge in [0.15, 0.2) is 0 Å². The summed E-state index contributed by atoms with van der Waals surface area (Å²) in [6.45, 7) is 5.42. The van der Waals surface area contributed by atoms with Crippen molar-refractivity contribution in [2.24, 2.45) is 0 Å². The Labute approximate surface area is 150 Å². The second-order valence-electron chi connectivity index (χ2n) is 5.92. The number of aryl methyl sites for hydroxylation is 1. The number of nitrogens with one attached hydrogen (secondary N) is 1. The predicted octanol–water partition coefficient (Wildman–Crippen LogP) is 3.84. The van der Waals surface area contributed by atoms with Gasteiger partial charge in [-0.2, -0.15) is 0 Å². The molecule has 1 aliphatic heterocycles. The smallest absolute Gasteiger partial charge is 0.254 e. The largest absolute Gasteiger partial charge is 0.381 e. The summed E-state index contributed by atoms with van der Waals surface area (Å²) >= 11 is 3.52. The predicted molar refractivity (Wildman–Crippen MR) is 99.4 cm³/mol. The molecular formula is C19H21BrN2O2. The highest BCUT2D eigenvalue weighted by molar-refractivity contribution is 9.10. The van der Waals surface area contributed by atoms with Crippen molar-refractivity contribution < 1.29 is 9.53 Å². The van der Waals surface area contributed by atoms with E-state index < -0.39 is 0 Å². The molecule has 0 aromatic heterocycles. The van der Waals surface area contributed by atoms with Gasteiger partial charge < -0.3 is 15.0 Å². The first-order valence-corrected chi connectivity index (χ1v) is 8.89. The van der Waals surface area contributed by atoms with E-state index in [0.29, 0.717) is 26.3 Å². The Balaban J connectivity index is 1.59. The van der Waals surface area contributed by atoms with Gasteiger partial charge in [-0.3, -0.25) is 4.79 Å². The second-order valence-corrected chi connectivity index (χ2v) is 6.77. The quantitative estimate of drug-likeness (QED) is 0.864. The van der Waals surface area contributed by atoms with Gasteiger partial charge in [-0.15, -0.1) is 0 Å². The average Bonchev–Trinajstić information content (AvgIpc) is 2.63. The van der Waals surface area contributed by atoms with E-state index in [4.69, 9.17) is 4.74 Å². The standard InChI is InChI=1S/C19H21BrN2O2/c1-14-12-15(2-7-18(14)20)13-21-17-5-3-16(4-6-17)19(23)22-8-10-24-11-9-22/h2-7,12,21H,8-11,13H2,1H3. The van der Waals surface area contributed by atoms with E-state index in [1.165, 1.54) is 11.1 Å². The van der Waals surface area contributed by atoms with E-state index in [9.17, 15) is 4.79 Å². The summed E-state index contributed by atoms with van der Waals surface area (Å²) in [4.78, 5) is 14.2. The lowest BCUT2D eigenvalue weighted by molar-refractivity contribution is 0.0303. The summed E-state index contributed by atoms with van der Waals surface area (Å²) in [7, 11) is 0. The molecular weight excluding hydrogens is 368 g/mol. The van der Waals surface area contributed by atoms with Gasteiger partial charge in [0, 0.05) is 35.4 Å². The van der Waals surface area contributed by atoms with Crippen LogP contribution in [0.4, 0.5) is 5.69 Å². The number of carbonyl (C=O) groups is 1. The van der Waals surface area contributed by atoms with Crippen molar-refractivity contribution in [2.45, 2.75) is 13.5 Å². The molecule has 3 rings (SSSR count). The fourth-order valence-corrected chi connectivity index (χ4v) is 2.95. The van der Waals surface area contributed by atoms with E-state index in [2.05, 4.69) is 46.4 Å². The van der Waals surface area contributed by atoms with Crippen LogP contribution in [0.25, 0.3) is 0 Å². The summed E-state index contributed by atoms with van der Waals surface area (Å²) in [5, 5.41) is 3.39. The maximum absolute atomic E-state index is 12.4. The van der Waals surface area contributed by atoms with E-state index in [1.807, 2.05) is 29.2 Å². The molecule has 0 unspecified atom stereocenters. The molecule has 0 bridgehead atoms. The number of anilines is 1. The molecule has 5 heteroatoms. The number of hydrogen-bond acceptors (Lipinski definition) is 3. The molecule has 1 fully saturated rings. The molecule has 0 aliphatic carbocycles. The molecule has 2 aromatic carbocycles. The third-order valence-electron chi connectivity index (χ3n) is 4.15. The van der Waals surface area contributed by atoms with Crippen LogP contribution >= 0.6 is 15.9 Å². The highest BCUT2D eigenvalue weighted by Crippen LogP contribution is 2.18. The zero-order chi connectivity index (χ0) is 16.9. The minimum atomic E-state index is 0.0772. The Hall–Kier alpha value is -1.85. The molecule has 126 valence electrons. The van der Waals surface area contributed by atoms with E-state index in [-0.39, 0.29) is 5.91 Å². The molecule has 1 saturated heterocycles. The van der Waals surface area contributed by atoms with E-state index in [1.54, 1.807) is 0 Å². The van der Waals surface area contributed by atoms with Crippen LogP contribution in [0.1, 0.15) is 21.5 Å². The molecule has 0 atom stereocenters. The number of hydrogen-bond donors (Lipinski definition) is 1. The number of ether oxygens (including phenoxy) is 1. The number of rotatable bonds is 4. The number of morpholine rings is 1. The number of halogens is 1. The average molecular weight is 389 g/mol. The molecule has 4 nitrogen and oxygen atoms in total. The van der Waals surface area contributed by atoms with Crippen LogP contribution in [0.2, 0.25) is 0 Å². The zero-order valence-electron chi connectivity index (χ0n) is 13.7. The topological polar surface area (TPSA) is 41.6 Å². The van der Waals surface area contributed by atoms with Gasteiger partial charge in [0.1, 0.15) is 0 Å². The van der Waals surface area contributed by atoms with Gasteiger partial charge in [0.25, 0.3) is 5.91 Å². The third-order valence-corrected chi connectivity index (χ3v) is 5.04. The SMILES string of the molecule is Cc1cc(CNc2ccc(C(=O)N3CCOCC3)cc2)ccc1Br. The van der Waals surface area contributed by atoms with Gasteiger partial charge in [-0.25, -0.2) is 0 Å². The Kier molecular flexibility index (Phi) is 5.53. The van der Waals surface area contributed by atoms with Crippen molar-refractivity contribution in [2.75, 3.05) is 31.6 Å². The van der Waals surface area contributed by atoms with Crippen molar-refractivity contribution in [1.82, 2.24) is 4.90 Å². The molecule has 0 saturated carbocycles. The van der Waals surface area contributed by atoms with Crippen molar-refractivity contribution >= 4 is 27.5 Å². The van der Waals surface area contributed by atoms with Gasteiger partial charge in [-0.1, -0.05) is 28.1 Å². The first kappa shape index (κ1) is 17.0.